The SMILES string of the molecule is c1coc(CNc2ncc(-c3ccc4cc[nH]c4c3)c3nncn23)c1. The summed E-state index contributed by atoms with van der Waals surface area (Å²) in [7, 11) is 0. The Morgan fingerprint density at radius 2 is 2.20 bits per heavy atom. The van der Waals surface area contributed by atoms with Crippen LogP contribution in [0.5, 0.6) is 0 Å². The van der Waals surface area contributed by atoms with Gasteiger partial charge in [0.15, 0.2) is 5.65 Å². The third-order valence-electron chi connectivity index (χ3n) is 4.20. The molecule has 0 aliphatic carbocycles. The minimum Gasteiger partial charge on any atom is -0.467 e. The van der Waals surface area contributed by atoms with Crippen LogP contribution in [0.3, 0.4) is 0 Å². The lowest BCUT2D eigenvalue weighted by atomic mass is 10.1. The van der Waals surface area contributed by atoms with E-state index >= 15 is 0 Å². The van der Waals surface area contributed by atoms with E-state index < -0.39 is 0 Å². The van der Waals surface area contributed by atoms with Gasteiger partial charge in [-0.3, -0.25) is 4.40 Å². The standard InChI is InChI=1S/C18H14N6O/c1-2-14(25-7-1)9-20-18-21-10-15(17-23-22-11-24(17)18)13-4-3-12-5-6-19-16(12)8-13/h1-8,10-11,19H,9H2,(H,20,21). The van der Waals surface area contributed by atoms with Crippen molar-refractivity contribution < 1.29 is 4.42 Å². The molecule has 122 valence electrons. The van der Waals surface area contributed by atoms with Crippen LogP contribution >= 0.6 is 0 Å². The van der Waals surface area contributed by atoms with Gasteiger partial charge in [-0.25, -0.2) is 4.98 Å². The second-order valence-electron chi connectivity index (χ2n) is 5.73. The number of nitrogens with one attached hydrogen (secondary N) is 2. The Bertz CT molecular complexity index is 1150. The van der Waals surface area contributed by atoms with E-state index in [0.717, 1.165) is 28.1 Å². The summed E-state index contributed by atoms with van der Waals surface area (Å²) in [6.07, 6.45) is 7.06. The zero-order valence-corrected chi connectivity index (χ0v) is 13.2. The molecule has 0 aliphatic heterocycles. The molecule has 0 atom stereocenters. The molecule has 0 saturated heterocycles. The minimum atomic E-state index is 0.543. The Morgan fingerprint density at radius 1 is 1.20 bits per heavy atom. The number of hydrogen-bond acceptors (Lipinski definition) is 5. The summed E-state index contributed by atoms with van der Waals surface area (Å²) in [4.78, 5) is 7.78. The van der Waals surface area contributed by atoms with Crippen LogP contribution in [0.1, 0.15) is 5.76 Å². The number of aromatic nitrogens is 5. The number of rotatable bonds is 4. The number of aromatic amines is 1. The van der Waals surface area contributed by atoms with Gasteiger partial charge in [0, 0.05) is 23.5 Å². The van der Waals surface area contributed by atoms with Gasteiger partial charge in [0.05, 0.1) is 12.8 Å². The maximum atomic E-state index is 5.34. The van der Waals surface area contributed by atoms with Crippen LogP contribution in [-0.4, -0.2) is 24.6 Å². The van der Waals surface area contributed by atoms with Crippen LogP contribution in [-0.2, 0) is 6.54 Å². The zero-order chi connectivity index (χ0) is 16.6. The number of hydrogen-bond donors (Lipinski definition) is 2. The lowest BCUT2D eigenvalue weighted by Crippen LogP contribution is -2.06. The van der Waals surface area contributed by atoms with E-state index in [1.54, 1.807) is 12.6 Å². The first-order valence-corrected chi connectivity index (χ1v) is 7.91. The molecule has 0 spiro atoms. The molecule has 1 aromatic carbocycles. The first-order valence-electron chi connectivity index (χ1n) is 7.91. The van der Waals surface area contributed by atoms with Crippen molar-refractivity contribution in [3.8, 4) is 11.1 Å². The largest absolute Gasteiger partial charge is 0.467 e. The molecule has 5 rings (SSSR count). The van der Waals surface area contributed by atoms with Crippen LogP contribution in [0.15, 0.2) is 65.8 Å². The number of benzene rings is 1. The molecular formula is C18H14N6O. The molecule has 0 amide bonds. The summed E-state index contributed by atoms with van der Waals surface area (Å²) in [6.45, 7) is 0.543. The first kappa shape index (κ1) is 13.8. The van der Waals surface area contributed by atoms with Gasteiger partial charge in [0.1, 0.15) is 12.1 Å². The monoisotopic (exact) mass is 330 g/mol. The topological polar surface area (TPSA) is 84.0 Å². The van der Waals surface area contributed by atoms with Crippen molar-refractivity contribution >= 4 is 22.5 Å². The normalized spacial score (nSPS) is 11.4. The quantitative estimate of drug-likeness (QED) is 0.527. The number of nitrogens with zero attached hydrogens (tertiary/aromatic N) is 4. The van der Waals surface area contributed by atoms with Gasteiger partial charge in [-0.2, -0.15) is 0 Å². The van der Waals surface area contributed by atoms with Gasteiger partial charge < -0.3 is 14.7 Å². The summed E-state index contributed by atoms with van der Waals surface area (Å²) in [6, 6.07) is 12.1. The third kappa shape index (κ3) is 2.33. The molecule has 25 heavy (non-hydrogen) atoms. The highest BCUT2D eigenvalue weighted by atomic mass is 16.3. The summed E-state index contributed by atoms with van der Waals surface area (Å²) >= 11 is 0. The number of fused-ring (bicyclic) bond motifs is 2. The smallest absolute Gasteiger partial charge is 0.210 e. The molecule has 0 fully saturated rings. The summed E-state index contributed by atoms with van der Waals surface area (Å²) in [5, 5.41) is 12.7. The molecule has 0 radical (unpaired) electrons. The molecule has 0 saturated carbocycles. The predicted octanol–water partition coefficient (Wildman–Crippen LogP) is 3.48. The second-order valence-corrected chi connectivity index (χ2v) is 5.73. The van der Waals surface area contributed by atoms with E-state index in [-0.39, 0.29) is 0 Å². The fourth-order valence-corrected chi connectivity index (χ4v) is 2.95. The van der Waals surface area contributed by atoms with E-state index in [1.165, 1.54) is 5.39 Å². The second kappa shape index (κ2) is 5.48. The van der Waals surface area contributed by atoms with Crippen LogP contribution in [0.4, 0.5) is 5.95 Å². The molecule has 4 heterocycles. The summed E-state index contributed by atoms with van der Waals surface area (Å²) < 4.78 is 7.19. The fraction of sp³-hybridized carbons (Fsp3) is 0.0556. The third-order valence-corrected chi connectivity index (χ3v) is 4.20. The van der Waals surface area contributed by atoms with E-state index in [0.29, 0.717) is 12.5 Å². The Kier molecular flexibility index (Phi) is 3.03. The predicted molar refractivity (Wildman–Crippen MR) is 94.1 cm³/mol. The molecular weight excluding hydrogens is 316 g/mol. The van der Waals surface area contributed by atoms with Gasteiger partial charge in [0.25, 0.3) is 0 Å². The molecule has 0 unspecified atom stereocenters. The van der Waals surface area contributed by atoms with E-state index in [4.69, 9.17) is 4.42 Å². The van der Waals surface area contributed by atoms with Gasteiger partial charge in [-0.05, 0) is 35.2 Å². The summed E-state index contributed by atoms with van der Waals surface area (Å²) in [5.74, 6) is 1.50. The molecule has 7 heteroatoms. The fourth-order valence-electron chi connectivity index (χ4n) is 2.95. The molecule has 0 aliphatic rings. The molecule has 7 nitrogen and oxygen atoms in total. The van der Waals surface area contributed by atoms with Gasteiger partial charge >= 0.3 is 0 Å². The molecule has 4 aromatic heterocycles. The zero-order valence-electron chi connectivity index (χ0n) is 13.2. The molecule has 5 aromatic rings. The number of H-pyrrole nitrogens is 1. The Labute approximate surface area is 142 Å². The van der Waals surface area contributed by atoms with Crippen molar-refractivity contribution in [1.82, 2.24) is 24.6 Å². The lowest BCUT2D eigenvalue weighted by Gasteiger charge is -2.09. The van der Waals surface area contributed by atoms with Crippen molar-refractivity contribution in [1.29, 1.82) is 0 Å². The average molecular weight is 330 g/mol. The number of anilines is 1. The van der Waals surface area contributed by atoms with Gasteiger partial charge in [-0.1, -0.05) is 12.1 Å². The maximum absolute atomic E-state index is 5.34. The van der Waals surface area contributed by atoms with Gasteiger partial charge in [-0.15, -0.1) is 10.2 Å². The minimum absolute atomic E-state index is 0.543. The highest BCUT2D eigenvalue weighted by Gasteiger charge is 2.12. The Morgan fingerprint density at radius 3 is 3.12 bits per heavy atom. The average Bonchev–Trinajstić information content (AvgIpc) is 3.39. The first-order chi connectivity index (χ1) is 12.4. The molecule has 0 bridgehead atoms. The van der Waals surface area contributed by atoms with Crippen molar-refractivity contribution in [3.63, 3.8) is 0 Å². The Hall–Kier alpha value is -3.61. The number of furan rings is 1. The van der Waals surface area contributed by atoms with E-state index in [9.17, 15) is 0 Å². The van der Waals surface area contributed by atoms with Crippen LogP contribution in [0.2, 0.25) is 0 Å². The maximum Gasteiger partial charge on any atom is 0.210 e. The van der Waals surface area contributed by atoms with Crippen molar-refractivity contribution in [2.24, 2.45) is 0 Å². The van der Waals surface area contributed by atoms with Crippen molar-refractivity contribution in [2.45, 2.75) is 6.54 Å². The van der Waals surface area contributed by atoms with Crippen LogP contribution in [0.25, 0.3) is 27.7 Å². The summed E-state index contributed by atoms with van der Waals surface area (Å²) in [5.41, 5.74) is 3.80. The van der Waals surface area contributed by atoms with E-state index in [2.05, 4.69) is 43.7 Å². The highest BCUT2D eigenvalue weighted by Crippen LogP contribution is 2.27. The van der Waals surface area contributed by atoms with E-state index in [1.807, 2.05) is 35.0 Å². The van der Waals surface area contributed by atoms with Crippen LogP contribution in [0, 0.1) is 0 Å². The van der Waals surface area contributed by atoms with Gasteiger partial charge in [0.2, 0.25) is 5.95 Å². The van der Waals surface area contributed by atoms with Crippen molar-refractivity contribution in [3.05, 3.63) is 67.1 Å². The van der Waals surface area contributed by atoms with Crippen molar-refractivity contribution in [2.75, 3.05) is 5.32 Å². The lowest BCUT2D eigenvalue weighted by molar-refractivity contribution is 0.517. The Balaban J connectivity index is 1.56. The molecule has 2 N–H and O–H groups in total. The van der Waals surface area contributed by atoms with Crippen LogP contribution < -0.4 is 5.32 Å². The highest BCUT2D eigenvalue weighted by molar-refractivity contribution is 5.87.